The van der Waals surface area contributed by atoms with Gasteiger partial charge in [0.15, 0.2) is 15.4 Å². The monoisotopic (exact) mass is 533 g/mol. The number of rotatable bonds is 6. The molecule has 38 heavy (non-hydrogen) atoms. The van der Waals surface area contributed by atoms with E-state index in [2.05, 4.69) is 40.8 Å². The first-order chi connectivity index (χ1) is 18.0. The second-order valence-electron chi connectivity index (χ2n) is 10.1. The zero-order valence-corrected chi connectivity index (χ0v) is 22.8. The van der Waals surface area contributed by atoms with Crippen LogP contribution in [0, 0.1) is 10.1 Å². The number of imidazole rings is 1. The molecule has 0 unspecified atom stereocenters. The van der Waals surface area contributed by atoms with Crippen molar-refractivity contribution in [3.05, 3.63) is 70.8 Å². The van der Waals surface area contributed by atoms with Crippen LogP contribution >= 0.6 is 0 Å². The Morgan fingerprint density at radius 2 is 1.50 bits per heavy atom. The molecule has 0 bridgehead atoms. The predicted octanol–water partition coefficient (Wildman–Crippen LogP) is 4.75. The van der Waals surface area contributed by atoms with Gasteiger partial charge in [0.2, 0.25) is 0 Å². The smallest absolute Gasteiger partial charge is 0.297 e. The number of fused-ring (bicyclic) bond motifs is 1. The van der Waals surface area contributed by atoms with E-state index in [-0.39, 0.29) is 10.6 Å². The fourth-order valence-electron chi connectivity index (χ4n) is 5.05. The number of aryl methyl sites for hydroxylation is 1. The number of non-ortho nitro benzene ring substituents is 1. The molecule has 0 aliphatic carbocycles. The molecule has 10 heteroatoms. The second kappa shape index (κ2) is 9.85. The molecule has 4 aromatic rings. The minimum atomic E-state index is -3.33. The summed E-state index contributed by atoms with van der Waals surface area (Å²) in [5.41, 5.74) is 4.30. The standard InChI is InChI=1S/C28H31N5O4S/c1-19(2)31-13-15-32(16-14-31)23-9-5-20(6-10-23)22-17-25-27(26(18-22)33(34)35)29-28(30(25)3)21-7-11-24(12-8-21)38(4,36)37/h5-12,17-19H,13-16H2,1-4H3. The fourth-order valence-corrected chi connectivity index (χ4v) is 5.68. The van der Waals surface area contributed by atoms with Crippen molar-refractivity contribution in [3.8, 4) is 22.5 Å². The molecular formula is C28H31N5O4S. The van der Waals surface area contributed by atoms with Crippen molar-refractivity contribution in [2.45, 2.75) is 24.8 Å². The van der Waals surface area contributed by atoms with Gasteiger partial charge in [-0.25, -0.2) is 13.4 Å². The molecule has 1 aliphatic rings. The molecule has 9 nitrogen and oxygen atoms in total. The third kappa shape index (κ3) is 4.89. The van der Waals surface area contributed by atoms with E-state index in [1.54, 1.807) is 18.2 Å². The number of hydrogen-bond acceptors (Lipinski definition) is 7. The van der Waals surface area contributed by atoms with E-state index in [1.165, 1.54) is 12.1 Å². The molecule has 5 rings (SSSR count). The van der Waals surface area contributed by atoms with Crippen LogP contribution in [0.3, 0.4) is 0 Å². The number of benzene rings is 3. The van der Waals surface area contributed by atoms with Crippen molar-refractivity contribution in [2.75, 3.05) is 37.3 Å². The van der Waals surface area contributed by atoms with E-state index in [0.29, 0.717) is 28.5 Å². The Balaban J connectivity index is 1.49. The van der Waals surface area contributed by atoms with Gasteiger partial charge >= 0.3 is 0 Å². The largest absolute Gasteiger partial charge is 0.369 e. The Morgan fingerprint density at radius 3 is 2.05 bits per heavy atom. The minimum Gasteiger partial charge on any atom is -0.369 e. The summed E-state index contributed by atoms with van der Waals surface area (Å²) in [5.74, 6) is 0.524. The summed E-state index contributed by atoms with van der Waals surface area (Å²) in [6.07, 6.45) is 1.15. The summed E-state index contributed by atoms with van der Waals surface area (Å²) in [5, 5.41) is 12.0. The van der Waals surface area contributed by atoms with Crippen LogP contribution in [0.2, 0.25) is 0 Å². The molecule has 3 aromatic carbocycles. The van der Waals surface area contributed by atoms with Crippen molar-refractivity contribution in [3.63, 3.8) is 0 Å². The van der Waals surface area contributed by atoms with Gasteiger partial charge in [-0.3, -0.25) is 15.0 Å². The number of anilines is 1. The van der Waals surface area contributed by atoms with Crippen LogP contribution in [0.1, 0.15) is 13.8 Å². The van der Waals surface area contributed by atoms with Crippen LogP contribution in [0.15, 0.2) is 65.6 Å². The highest BCUT2D eigenvalue weighted by Crippen LogP contribution is 2.35. The second-order valence-corrected chi connectivity index (χ2v) is 12.1. The van der Waals surface area contributed by atoms with Gasteiger partial charge in [0, 0.05) is 62.8 Å². The van der Waals surface area contributed by atoms with Gasteiger partial charge in [0.25, 0.3) is 5.69 Å². The van der Waals surface area contributed by atoms with Crippen LogP contribution < -0.4 is 4.90 Å². The first-order valence-corrected chi connectivity index (χ1v) is 14.5. The average Bonchev–Trinajstić information content (AvgIpc) is 3.24. The van der Waals surface area contributed by atoms with Crippen LogP contribution in [0.25, 0.3) is 33.5 Å². The Labute approximate surface area is 222 Å². The number of nitro groups is 1. The lowest BCUT2D eigenvalue weighted by Gasteiger charge is -2.38. The SMILES string of the molecule is CC(C)N1CCN(c2ccc(-c3cc([N+](=O)[O-])c4nc(-c5ccc(S(C)(=O)=O)cc5)n(C)c4c3)cc2)CC1. The normalized spacial score (nSPS) is 14.9. The van der Waals surface area contributed by atoms with Gasteiger partial charge in [-0.15, -0.1) is 0 Å². The third-order valence-electron chi connectivity index (χ3n) is 7.31. The van der Waals surface area contributed by atoms with Gasteiger partial charge in [0.1, 0.15) is 5.82 Å². The number of nitro benzene ring substituents is 1. The highest BCUT2D eigenvalue weighted by Gasteiger charge is 2.23. The summed E-state index contributed by atoms with van der Waals surface area (Å²) in [6, 6.07) is 18.6. The molecule has 1 aromatic heterocycles. The topological polar surface area (TPSA) is 102 Å². The molecule has 0 N–H and O–H groups in total. The zero-order chi connectivity index (χ0) is 27.2. The zero-order valence-electron chi connectivity index (χ0n) is 22.0. The molecule has 0 amide bonds. The lowest BCUT2D eigenvalue weighted by atomic mass is 10.0. The molecule has 0 spiro atoms. The number of piperazine rings is 1. The molecule has 1 fully saturated rings. The lowest BCUT2D eigenvalue weighted by molar-refractivity contribution is -0.383. The third-order valence-corrected chi connectivity index (χ3v) is 8.44. The summed E-state index contributed by atoms with van der Waals surface area (Å²) in [4.78, 5) is 21.3. The van der Waals surface area contributed by atoms with Gasteiger partial charge in [-0.05, 0) is 67.4 Å². The minimum absolute atomic E-state index is 0.0685. The first kappa shape index (κ1) is 25.9. The molecule has 1 saturated heterocycles. The number of hydrogen-bond donors (Lipinski definition) is 0. The Morgan fingerprint density at radius 1 is 0.895 bits per heavy atom. The van der Waals surface area contributed by atoms with E-state index < -0.39 is 14.8 Å². The van der Waals surface area contributed by atoms with E-state index >= 15 is 0 Å². The number of sulfone groups is 1. The van der Waals surface area contributed by atoms with Crippen molar-refractivity contribution < 1.29 is 13.3 Å². The summed E-state index contributed by atoms with van der Waals surface area (Å²) >= 11 is 0. The van der Waals surface area contributed by atoms with Crippen molar-refractivity contribution >= 4 is 32.2 Å². The van der Waals surface area contributed by atoms with E-state index in [4.69, 9.17) is 0 Å². The maximum absolute atomic E-state index is 12.0. The Kier molecular flexibility index (Phi) is 6.70. The van der Waals surface area contributed by atoms with Crippen LogP contribution in [-0.2, 0) is 16.9 Å². The van der Waals surface area contributed by atoms with Gasteiger partial charge in [-0.2, -0.15) is 0 Å². The maximum Gasteiger partial charge on any atom is 0.297 e. The number of nitrogens with zero attached hydrogens (tertiary/aromatic N) is 5. The molecule has 1 aliphatic heterocycles. The molecule has 198 valence electrons. The lowest BCUT2D eigenvalue weighted by Crippen LogP contribution is -2.48. The molecule has 0 saturated carbocycles. The Bertz CT molecular complexity index is 1600. The highest BCUT2D eigenvalue weighted by atomic mass is 32.2. The highest BCUT2D eigenvalue weighted by molar-refractivity contribution is 7.90. The fraction of sp³-hybridized carbons (Fsp3) is 0.321. The van der Waals surface area contributed by atoms with Gasteiger partial charge in [-0.1, -0.05) is 12.1 Å². The number of aromatic nitrogens is 2. The molecular weight excluding hydrogens is 502 g/mol. The van der Waals surface area contributed by atoms with Crippen molar-refractivity contribution in [2.24, 2.45) is 7.05 Å². The molecule has 0 radical (unpaired) electrons. The van der Waals surface area contributed by atoms with E-state index in [9.17, 15) is 18.5 Å². The van der Waals surface area contributed by atoms with Crippen molar-refractivity contribution in [1.29, 1.82) is 0 Å². The summed E-state index contributed by atoms with van der Waals surface area (Å²) in [7, 11) is -1.52. The molecule has 2 heterocycles. The Hall–Kier alpha value is -3.76. The van der Waals surface area contributed by atoms with Crippen LogP contribution in [0.4, 0.5) is 11.4 Å². The maximum atomic E-state index is 12.0. The quantitative estimate of drug-likeness (QED) is 0.260. The summed E-state index contributed by atoms with van der Waals surface area (Å²) in [6.45, 7) is 8.45. The van der Waals surface area contributed by atoms with Crippen LogP contribution in [0.5, 0.6) is 0 Å². The van der Waals surface area contributed by atoms with E-state index in [0.717, 1.165) is 49.2 Å². The average molecular weight is 534 g/mol. The molecule has 0 atom stereocenters. The first-order valence-electron chi connectivity index (χ1n) is 12.6. The summed E-state index contributed by atoms with van der Waals surface area (Å²) < 4.78 is 25.5. The van der Waals surface area contributed by atoms with E-state index in [1.807, 2.05) is 29.8 Å². The predicted molar refractivity (Wildman–Crippen MR) is 150 cm³/mol. The van der Waals surface area contributed by atoms with Crippen molar-refractivity contribution in [1.82, 2.24) is 14.5 Å². The van der Waals surface area contributed by atoms with Crippen LogP contribution in [-0.4, -0.2) is 66.3 Å². The van der Waals surface area contributed by atoms with Gasteiger partial charge < -0.3 is 9.47 Å². The van der Waals surface area contributed by atoms with Gasteiger partial charge in [0.05, 0.1) is 15.3 Å².